The number of hydrazine groups is 1. The fourth-order valence-corrected chi connectivity index (χ4v) is 1.45. The zero-order chi connectivity index (χ0) is 11.5. The Balaban J connectivity index is 2.54. The topological polar surface area (TPSA) is 63.8 Å². The Morgan fingerprint density at radius 2 is 2.00 bits per heavy atom. The molecular weight excluding hydrogens is 207 g/mol. The summed E-state index contributed by atoms with van der Waals surface area (Å²) in [6.45, 7) is 1.70. The maximum Gasteiger partial charge on any atom is 0.166 e. The van der Waals surface area contributed by atoms with Crippen molar-refractivity contribution >= 4 is 5.82 Å². The molecule has 16 heavy (non-hydrogen) atoms. The van der Waals surface area contributed by atoms with Crippen LogP contribution in [0.3, 0.4) is 0 Å². The van der Waals surface area contributed by atoms with E-state index in [1.165, 1.54) is 12.3 Å². The van der Waals surface area contributed by atoms with Gasteiger partial charge < -0.3 is 5.43 Å². The van der Waals surface area contributed by atoms with E-state index in [1.54, 1.807) is 25.3 Å². The van der Waals surface area contributed by atoms with Crippen LogP contribution in [0.25, 0.3) is 11.3 Å². The Morgan fingerprint density at radius 3 is 2.69 bits per heavy atom. The van der Waals surface area contributed by atoms with Crippen molar-refractivity contribution in [1.29, 1.82) is 0 Å². The molecule has 3 N–H and O–H groups in total. The Hall–Kier alpha value is -2.01. The lowest BCUT2D eigenvalue weighted by Crippen LogP contribution is -2.10. The minimum atomic E-state index is -0.241. The molecule has 2 rings (SSSR count). The number of aromatic nitrogens is 2. The smallest absolute Gasteiger partial charge is 0.166 e. The van der Waals surface area contributed by atoms with Crippen LogP contribution >= 0.6 is 0 Å². The molecule has 1 aromatic heterocycles. The number of nitrogens with one attached hydrogen (secondary N) is 1. The Bertz CT molecular complexity index is 513. The zero-order valence-electron chi connectivity index (χ0n) is 8.74. The third-order valence-corrected chi connectivity index (χ3v) is 2.27. The van der Waals surface area contributed by atoms with E-state index in [1.807, 2.05) is 0 Å². The first-order valence-electron chi connectivity index (χ1n) is 4.76. The Labute approximate surface area is 92.3 Å². The molecule has 0 aliphatic carbocycles. The van der Waals surface area contributed by atoms with Crippen molar-refractivity contribution < 1.29 is 4.39 Å². The van der Waals surface area contributed by atoms with Gasteiger partial charge in [0.25, 0.3) is 0 Å². The van der Waals surface area contributed by atoms with Crippen LogP contribution in [0.1, 0.15) is 5.56 Å². The predicted molar refractivity (Wildman–Crippen MR) is 60.0 cm³/mol. The average molecular weight is 218 g/mol. The molecule has 0 saturated carbocycles. The maximum absolute atomic E-state index is 13.1. The second-order valence-electron chi connectivity index (χ2n) is 3.36. The third-order valence-electron chi connectivity index (χ3n) is 2.27. The van der Waals surface area contributed by atoms with Gasteiger partial charge in [0.1, 0.15) is 11.5 Å². The minimum Gasteiger partial charge on any atom is -0.307 e. The van der Waals surface area contributed by atoms with Crippen molar-refractivity contribution in [2.45, 2.75) is 6.92 Å². The van der Waals surface area contributed by atoms with Crippen LogP contribution in [0.15, 0.2) is 30.6 Å². The summed E-state index contributed by atoms with van der Waals surface area (Å²) in [6.07, 6.45) is 3.10. The number of nitrogen functional groups attached to an aromatic ring is 1. The van der Waals surface area contributed by atoms with Gasteiger partial charge in [0.2, 0.25) is 0 Å². The van der Waals surface area contributed by atoms with E-state index < -0.39 is 0 Å². The summed E-state index contributed by atoms with van der Waals surface area (Å²) in [6, 6.07) is 4.76. The van der Waals surface area contributed by atoms with Gasteiger partial charge in [-0.05, 0) is 30.7 Å². The van der Waals surface area contributed by atoms with Crippen molar-refractivity contribution in [3.8, 4) is 11.3 Å². The average Bonchev–Trinajstić information content (AvgIpc) is 2.32. The maximum atomic E-state index is 13.1. The van der Waals surface area contributed by atoms with Gasteiger partial charge in [-0.25, -0.2) is 15.2 Å². The quantitative estimate of drug-likeness (QED) is 0.596. The summed E-state index contributed by atoms with van der Waals surface area (Å²) in [5.74, 6) is 5.55. The van der Waals surface area contributed by atoms with E-state index in [0.29, 0.717) is 17.1 Å². The summed E-state index contributed by atoms with van der Waals surface area (Å²) < 4.78 is 13.1. The van der Waals surface area contributed by atoms with Crippen molar-refractivity contribution in [3.05, 3.63) is 42.0 Å². The standard InChI is InChI=1S/C11H11FN4/c1-7-6-8(2-3-9(7)12)10-11(16-13)15-5-4-14-10/h2-6H,13H2,1H3,(H,15,16). The summed E-state index contributed by atoms with van der Waals surface area (Å²) in [5.41, 5.74) is 4.40. The molecule has 82 valence electrons. The molecule has 0 aliphatic heterocycles. The summed E-state index contributed by atoms with van der Waals surface area (Å²) >= 11 is 0. The molecule has 0 bridgehead atoms. The molecule has 0 fully saturated rings. The van der Waals surface area contributed by atoms with E-state index in [9.17, 15) is 4.39 Å². The van der Waals surface area contributed by atoms with E-state index in [4.69, 9.17) is 5.84 Å². The Morgan fingerprint density at radius 1 is 1.25 bits per heavy atom. The van der Waals surface area contributed by atoms with Gasteiger partial charge in [-0.15, -0.1) is 0 Å². The highest BCUT2D eigenvalue weighted by Gasteiger charge is 2.08. The largest absolute Gasteiger partial charge is 0.307 e. The first-order chi connectivity index (χ1) is 7.72. The molecule has 5 heteroatoms. The highest BCUT2D eigenvalue weighted by molar-refractivity contribution is 5.71. The summed E-state index contributed by atoms with van der Waals surface area (Å²) in [4.78, 5) is 8.20. The van der Waals surface area contributed by atoms with Gasteiger partial charge in [-0.3, -0.25) is 4.98 Å². The molecule has 0 aliphatic rings. The van der Waals surface area contributed by atoms with Gasteiger partial charge in [-0.2, -0.15) is 0 Å². The van der Waals surface area contributed by atoms with Gasteiger partial charge in [0, 0.05) is 18.0 Å². The molecule has 1 heterocycles. The normalized spacial score (nSPS) is 10.2. The van der Waals surface area contributed by atoms with Crippen LogP contribution in [0.4, 0.5) is 10.2 Å². The van der Waals surface area contributed by atoms with E-state index in [0.717, 1.165) is 5.56 Å². The molecule has 2 aromatic rings. The van der Waals surface area contributed by atoms with Gasteiger partial charge in [0.15, 0.2) is 5.82 Å². The number of benzene rings is 1. The second-order valence-corrected chi connectivity index (χ2v) is 3.36. The predicted octanol–water partition coefficient (Wildman–Crippen LogP) is 1.88. The highest BCUT2D eigenvalue weighted by atomic mass is 19.1. The Kier molecular flexibility index (Phi) is 2.78. The molecule has 0 spiro atoms. The molecule has 0 saturated heterocycles. The highest BCUT2D eigenvalue weighted by Crippen LogP contribution is 2.24. The van der Waals surface area contributed by atoms with Crippen LogP contribution < -0.4 is 11.3 Å². The van der Waals surface area contributed by atoms with E-state index in [-0.39, 0.29) is 5.82 Å². The third kappa shape index (κ3) is 1.85. The summed E-state index contributed by atoms with van der Waals surface area (Å²) in [7, 11) is 0. The van der Waals surface area contributed by atoms with E-state index in [2.05, 4.69) is 15.4 Å². The molecule has 1 aromatic carbocycles. The first-order valence-corrected chi connectivity index (χ1v) is 4.76. The number of rotatable bonds is 2. The number of aryl methyl sites for hydroxylation is 1. The molecular formula is C11H11FN4. The van der Waals surface area contributed by atoms with E-state index >= 15 is 0 Å². The van der Waals surface area contributed by atoms with Crippen molar-refractivity contribution in [1.82, 2.24) is 9.97 Å². The lowest BCUT2D eigenvalue weighted by Gasteiger charge is -2.07. The van der Waals surface area contributed by atoms with Gasteiger partial charge >= 0.3 is 0 Å². The first kappa shape index (κ1) is 10.5. The zero-order valence-corrected chi connectivity index (χ0v) is 8.74. The van der Waals surface area contributed by atoms with Gasteiger partial charge in [0.05, 0.1) is 0 Å². The SMILES string of the molecule is Cc1cc(-c2nccnc2NN)ccc1F. The molecule has 0 radical (unpaired) electrons. The monoisotopic (exact) mass is 218 g/mol. The van der Waals surface area contributed by atoms with Crippen LogP contribution in [0, 0.1) is 12.7 Å². The van der Waals surface area contributed by atoms with Crippen LogP contribution in [0.5, 0.6) is 0 Å². The number of halogens is 1. The molecule has 0 amide bonds. The fourth-order valence-electron chi connectivity index (χ4n) is 1.45. The van der Waals surface area contributed by atoms with Crippen LogP contribution in [0.2, 0.25) is 0 Å². The number of anilines is 1. The van der Waals surface area contributed by atoms with Gasteiger partial charge in [-0.1, -0.05) is 0 Å². The number of nitrogens with zero attached hydrogens (tertiary/aromatic N) is 2. The number of nitrogens with two attached hydrogens (primary N) is 1. The van der Waals surface area contributed by atoms with Crippen molar-refractivity contribution in [2.24, 2.45) is 5.84 Å². The second kappa shape index (κ2) is 4.24. The van der Waals surface area contributed by atoms with Crippen LogP contribution in [-0.4, -0.2) is 9.97 Å². The number of hydrogen-bond acceptors (Lipinski definition) is 4. The summed E-state index contributed by atoms with van der Waals surface area (Å²) in [5, 5.41) is 0. The molecule has 0 atom stereocenters. The lowest BCUT2D eigenvalue weighted by molar-refractivity contribution is 0.619. The fraction of sp³-hybridized carbons (Fsp3) is 0.0909. The minimum absolute atomic E-state index is 0.241. The lowest BCUT2D eigenvalue weighted by atomic mass is 10.1. The molecule has 0 unspecified atom stereocenters. The molecule has 4 nitrogen and oxygen atoms in total. The number of hydrogen-bond donors (Lipinski definition) is 2. The van der Waals surface area contributed by atoms with Crippen molar-refractivity contribution in [2.75, 3.05) is 5.43 Å². The van der Waals surface area contributed by atoms with Crippen LogP contribution in [-0.2, 0) is 0 Å². The van der Waals surface area contributed by atoms with Crippen molar-refractivity contribution in [3.63, 3.8) is 0 Å².